The van der Waals surface area contributed by atoms with Gasteiger partial charge in [0.15, 0.2) is 0 Å². The van der Waals surface area contributed by atoms with Gasteiger partial charge in [0.05, 0.1) is 0 Å². The molecular weight excluding hydrogens is 238 g/mol. The molecule has 0 amide bonds. The zero-order valence-electron chi connectivity index (χ0n) is 12.9. The van der Waals surface area contributed by atoms with E-state index < -0.39 is 0 Å². The zero-order chi connectivity index (χ0) is 13.4. The van der Waals surface area contributed by atoms with Crippen LogP contribution in [0.5, 0.6) is 0 Å². The van der Waals surface area contributed by atoms with Crippen LogP contribution < -0.4 is 5.32 Å². The molecule has 0 aromatic heterocycles. The molecule has 0 heterocycles. The molecule has 0 spiro atoms. The molecule has 1 fully saturated rings. The molecule has 0 aliphatic heterocycles. The van der Waals surface area contributed by atoms with E-state index in [9.17, 15) is 0 Å². The molecule has 18 heavy (non-hydrogen) atoms. The van der Waals surface area contributed by atoms with E-state index >= 15 is 0 Å². The second-order valence-corrected chi connectivity index (χ2v) is 7.96. The molecule has 108 valence electrons. The van der Waals surface area contributed by atoms with Crippen molar-refractivity contribution in [2.75, 3.05) is 18.6 Å². The summed E-state index contributed by atoms with van der Waals surface area (Å²) in [6.45, 7) is 8.50. The Bertz CT molecular complexity index is 215. The fourth-order valence-electron chi connectivity index (χ4n) is 3.53. The summed E-state index contributed by atoms with van der Waals surface area (Å²) in [7, 11) is 0. The Morgan fingerprint density at radius 3 is 2.50 bits per heavy atom. The van der Waals surface area contributed by atoms with Gasteiger partial charge in [-0.1, -0.05) is 33.6 Å². The molecule has 1 aliphatic carbocycles. The number of thioether (sulfide) groups is 1. The minimum absolute atomic E-state index is 0.549. The summed E-state index contributed by atoms with van der Waals surface area (Å²) in [6.07, 6.45) is 11.9. The second kappa shape index (κ2) is 8.47. The van der Waals surface area contributed by atoms with Crippen molar-refractivity contribution in [2.24, 2.45) is 11.3 Å². The molecule has 1 aliphatic rings. The van der Waals surface area contributed by atoms with Gasteiger partial charge < -0.3 is 5.32 Å². The van der Waals surface area contributed by atoms with Crippen LogP contribution in [-0.4, -0.2) is 24.6 Å². The van der Waals surface area contributed by atoms with E-state index in [4.69, 9.17) is 0 Å². The third kappa shape index (κ3) is 7.04. The van der Waals surface area contributed by atoms with Crippen LogP contribution in [-0.2, 0) is 0 Å². The van der Waals surface area contributed by atoms with Gasteiger partial charge in [-0.25, -0.2) is 0 Å². The van der Waals surface area contributed by atoms with Crippen LogP contribution in [0.15, 0.2) is 0 Å². The topological polar surface area (TPSA) is 12.0 Å². The Morgan fingerprint density at radius 1 is 1.11 bits per heavy atom. The number of hydrogen-bond acceptors (Lipinski definition) is 2. The summed E-state index contributed by atoms with van der Waals surface area (Å²) in [5, 5.41) is 3.79. The molecule has 0 radical (unpaired) electrons. The third-order valence-corrected chi connectivity index (χ3v) is 4.79. The molecule has 1 saturated carbocycles. The van der Waals surface area contributed by atoms with Crippen LogP contribution >= 0.6 is 11.8 Å². The average Bonchev–Trinajstić information content (AvgIpc) is 2.25. The lowest BCUT2D eigenvalue weighted by Crippen LogP contribution is -2.40. The second-order valence-electron chi connectivity index (χ2n) is 6.97. The predicted molar refractivity (Wildman–Crippen MR) is 85.4 cm³/mol. The van der Waals surface area contributed by atoms with Gasteiger partial charge in [0.25, 0.3) is 0 Å². The summed E-state index contributed by atoms with van der Waals surface area (Å²) >= 11 is 1.97. The van der Waals surface area contributed by atoms with Gasteiger partial charge in [0.1, 0.15) is 0 Å². The number of nitrogens with one attached hydrogen (secondary N) is 1. The lowest BCUT2D eigenvalue weighted by Gasteiger charge is -2.39. The average molecular weight is 272 g/mol. The Hall–Kier alpha value is 0.310. The maximum absolute atomic E-state index is 3.79. The highest BCUT2D eigenvalue weighted by molar-refractivity contribution is 7.98. The molecule has 1 nitrogen and oxygen atoms in total. The SMILES string of the molecule is CSCCCCCCNC1CC(C)CC(C)(C)C1. The van der Waals surface area contributed by atoms with Crippen LogP contribution in [0.4, 0.5) is 0 Å². The maximum Gasteiger partial charge on any atom is 0.00746 e. The summed E-state index contributed by atoms with van der Waals surface area (Å²) in [6, 6.07) is 0.773. The predicted octanol–water partition coefficient (Wildman–Crippen LogP) is 4.71. The van der Waals surface area contributed by atoms with Crippen molar-refractivity contribution in [3.63, 3.8) is 0 Å². The summed E-state index contributed by atoms with van der Waals surface area (Å²) in [5.74, 6) is 2.23. The molecule has 1 rings (SSSR count). The Morgan fingerprint density at radius 2 is 1.83 bits per heavy atom. The first-order valence-electron chi connectivity index (χ1n) is 7.76. The minimum Gasteiger partial charge on any atom is -0.314 e. The smallest absolute Gasteiger partial charge is 0.00746 e. The Balaban J connectivity index is 2.04. The molecular formula is C16H33NS. The first kappa shape index (κ1) is 16.4. The molecule has 1 N–H and O–H groups in total. The Kier molecular flexibility index (Phi) is 7.70. The minimum atomic E-state index is 0.549. The summed E-state index contributed by atoms with van der Waals surface area (Å²) < 4.78 is 0. The lowest BCUT2D eigenvalue weighted by molar-refractivity contribution is 0.151. The highest BCUT2D eigenvalue weighted by Crippen LogP contribution is 2.38. The van der Waals surface area contributed by atoms with Gasteiger partial charge in [0.2, 0.25) is 0 Å². The third-order valence-electron chi connectivity index (χ3n) is 4.10. The molecule has 2 atom stereocenters. The highest BCUT2D eigenvalue weighted by atomic mass is 32.2. The quantitative estimate of drug-likeness (QED) is 0.641. The van der Waals surface area contributed by atoms with Crippen molar-refractivity contribution in [1.82, 2.24) is 5.32 Å². The van der Waals surface area contributed by atoms with E-state index in [1.807, 2.05) is 11.8 Å². The largest absolute Gasteiger partial charge is 0.314 e. The first-order valence-corrected chi connectivity index (χ1v) is 9.15. The van der Waals surface area contributed by atoms with E-state index in [1.54, 1.807) is 0 Å². The van der Waals surface area contributed by atoms with Crippen molar-refractivity contribution in [3.8, 4) is 0 Å². The van der Waals surface area contributed by atoms with Crippen LogP contribution in [0.3, 0.4) is 0 Å². The molecule has 0 aromatic rings. The molecule has 0 bridgehead atoms. The van der Waals surface area contributed by atoms with E-state index in [2.05, 4.69) is 32.3 Å². The standard InChI is InChI=1S/C16H33NS/c1-14-11-15(13-16(2,3)12-14)17-9-7-5-6-8-10-18-4/h14-15,17H,5-13H2,1-4H3. The van der Waals surface area contributed by atoms with Crippen LogP contribution in [0.2, 0.25) is 0 Å². The van der Waals surface area contributed by atoms with Gasteiger partial charge in [-0.2, -0.15) is 11.8 Å². The Labute approximate surface area is 119 Å². The maximum atomic E-state index is 3.79. The van der Waals surface area contributed by atoms with Gasteiger partial charge in [-0.05, 0) is 62.0 Å². The molecule has 2 unspecified atom stereocenters. The first-order chi connectivity index (χ1) is 8.53. The normalized spacial score (nSPS) is 27.3. The molecule has 2 heteroatoms. The van der Waals surface area contributed by atoms with Crippen LogP contribution in [0.1, 0.15) is 65.7 Å². The summed E-state index contributed by atoms with van der Waals surface area (Å²) in [4.78, 5) is 0. The zero-order valence-corrected chi connectivity index (χ0v) is 13.7. The van der Waals surface area contributed by atoms with E-state index in [0.717, 1.165) is 12.0 Å². The van der Waals surface area contributed by atoms with Crippen molar-refractivity contribution in [2.45, 2.75) is 71.8 Å². The fourth-order valence-corrected chi connectivity index (χ4v) is 4.03. The van der Waals surface area contributed by atoms with E-state index in [-0.39, 0.29) is 0 Å². The van der Waals surface area contributed by atoms with Gasteiger partial charge in [0, 0.05) is 6.04 Å². The van der Waals surface area contributed by atoms with Crippen LogP contribution in [0.25, 0.3) is 0 Å². The van der Waals surface area contributed by atoms with Crippen molar-refractivity contribution in [3.05, 3.63) is 0 Å². The lowest BCUT2D eigenvalue weighted by atomic mass is 9.70. The van der Waals surface area contributed by atoms with Gasteiger partial charge in [-0.3, -0.25) is 0 Å². The molecule has 0 aromatic carbocycles. The summed E-state index contributed by atoms with van der Waals surface area (Å²) in [5.41, 5.74) is 0.549. The monoisotopic (exact) mass is 271 g/mol. The number of hydrogen-bond donors (Lipinski definition) is 1. The number of rotatable bonds is 8. The molecule has 0 saturated heterocycles. The van der Waals surface area contributed by atoms with Crippen molar-refractivity contribution >= 4 is 11.8 Å². The fraction of sp³-hybridized carbons (Fsp3) is 1.00. The van der Waals surface area contributed by atoms with Crippen molar-refractivity contribution < 1.29 is 0 Å². The van der Waals surface area contributed by atoms with Gasteiger partial charge >= 0.3 is 0 Å². The van der Waals surface area contributed by atoms with E-state index in [0.29, 0.717) is 5.41 Å². The van der Waals surface area contributed by atoms with Crippen LogP contribution in [0, 0.1) is 11.3 Å². The number of unbranched alkanes of at least 4 members (excludes halogenated alkanes) is 3. The van der Waals surface area contributed by atoms with Gasteiger partial charge in [-0.15, -0.1) is 0 Å². The van der Waals surface area contributed by atoms with E-state index in [1.165, 1.54) is 57.2 Å². The van der Waals surface area contributed by atoms with Crippen molar-refractivity contribution in [1.29, 1.82) is 0 Å². The highest BCUT2D eigenvalue weighted by Gasteiger charge is 2.31.